The average Bonchev–Trinajstić information content (AvgIpc) is 2.71. The second-order valence-electron chi connectivity index (χ2n) is 4.72. The highest BCUT2D eigenvalue weighted by Gasteiger charge is 2.29. The monoisotopic (exact) mass is 333 g/mol. The first-order valence-electron chi connectivity index (χ1n) is 5.94. The molecule has 0 bridgehead atoms. The molecule has 0 saturated carbocycles. The van der Waals surface area contributed by atoms with Crippen LogP contribution in [0.4, 0.5) is 11.4 Å². The maximum atomic E-state index is 12.0. The van der Waals surface area contributed by atoms with Gasteiger partial charge in [-0.2, -0.15) is 0 Å². The molecule has 1 aliphatic heterocycles. The third-order valence-corrected chi connectivity index (χ3v) is 5.21. The van der Waals surface area contributed by atoms with Crippen molar-refractivity contribution in [2.75, 3.05) is 17.2 Å². The number of benzene rings is 1. The standard InChI is InChI=1S/C11H12ClN3O5S/c12-8-3-6(4-9(10(8)13)15(17)18)11(16)14-7-1-2-21(19,20)5-7/h3-4,7H,1-2,5,13H2,(H,14,16). The van der Waals surface area contributed by atoms with E-state index < -0.39 is 32.4 Å². The van der Waals surface area contributed by atoms with Gasteiger partial charge in [0.1, 0.15) is 5.69 Å². The first kappa shape index (κ1) is 15.5. The summed E-state index contributed by atoms with van der Waals surface area (Å²) >= 11 is 5.76. The van der Waals surface area contributed by atoms with Crippen molar-refractivity contribution in [3.05, 3.63) is 32.8 Å². The molecule has 1 aromatic carbocycles. The van der Waals surface area contributed by atoms with E-state index in [4.69, 9.17) is 17.3 Å². The largest absolute Gasteiger partial charge is 0.392 e. The number of amides is 1. The van der Waals surface area contributed by atoms with Crippen molar-refractivity contribution in [1.82, 2.24) is 5.32 Å². The van der Waals surface area contributed by atoms with Crippen molar-refractivity contribution in [3.8, 4) is 0 Å². The molecule has 114 valence electrons. The van der Waals surface area contributed by atoms with E-state index in [-0.39, 0.29) is 27.8 Å². The molecule has 0 aliphatic carbocycles. The van der Waals surface area contributed by atoms with Crippen LogP contribution in [0.25, 0.3) is 0 Å². The first-order valence-corrected chi connectivity index (χ1v) is 8.14. The molecule has 0 aromatic heterocycles. The van der Waals surface area contributed by atoms with Crippen molar-refractivity contribution in [2.45, 2.75) is 12.5 Å². The lowest BCUT2D eigenvalue weighted by Crippen LogP contribution is -2.35. The van der Waals surface area contributed by atoms with E-state index in [0.717, 1.165) is 6.07 Å². The third-order valence-electron chi connectivity index (χ3n) is 3.13. The number of nitro groups is 1. The molecule has 2 rings (SSSR count). The number of nitrogens with one attached hydrogen (secondary N) is 1. The fourth-order valence-electron chi connectivity index (χ4n) is 2.06. The molecular formula is C11H12ClN3O5S. The topological polar surface area (TPSA) is 132 Å². The lowest BCUT2D eigenvalue weighted by Gasteiger charge is -2.11. The van der Waals surface area contributed by atoms with Gasteiger partial charge in [0.25, 0.3) is 11.6 Å². The van der Waals surface area contributed by atoms with Gasteiger partial charge in [-0.1, -0.05) is 11.6 Å². The second-order valence-corrected chi connectivity index (χ2v) is 7.36. The maximum absolute atomic E-state index is 12.0. The summed E-state index contributed by atoms with van der Waals surface area (Å²) in [6.07, 6.45) is 0.318. The van der Waals surface area contributed by atoms with Crippen LogP contribution in [0.1, 0.15) is 16.8 Å². The van der Waals surface area contributed by atoms with Crippen LogP contribution in [0, 0.1) is 10.1 Å². The van der Waals surface area contributed by atoms with Crippen LogP contribution in [-0.2, 0) is 9.84 Å². The third kappa shape index (κ3) is 3.42. The Bertz CT molecular complexity index is 719. The van der Waals surface area contributed by atoms with Crippen molar-refractivity contribution < 1.29 is 18.1 Å². The number of sulfone groups is 1. The lowest BCUT2D eigenvalue weighted by atomic mass is 10.1. The highest BCUT2D eigenvalue weighted by molar-refractivity contribution is 7.91. The Morgan fingerprint density at radius 2 is 2.14 bits per heavy atom. The summed E-state index contributed by atoms with van der Waals surface area (Å²) in [5.41, 5.74) is 4.74. The lowest BCUT2D eigenvalue weighted by molar-refractivity contribution is -0.383. The molecule has 1 heterocycles. The Kier molecular flexibility index (Phi) is 4.06. The minimum absolute atomic E-state index is 0.0145. The van der Waals surface area contributed by atoms with E-state index in [1.165, 1.54) is 6.07 Å². The first-order chi connectivity index (χ1) is 9.69. The predicted octanol–water partition coefficient (Wildman–Crippen LogP) is 0.747. The highest BCUT2D eigenvalue weighted by atomic mass is 35.5. The Hall–Kier alpha value is -1.87. The van der Waals surface area contributed by atoms with Gasteiger partial charge in [-0.05, 0) is 12.5 Å². The number of nitrogens with two attached hydrogens (primary N) is 1. The van der Waals surface area contributed by atoms with Crippen LogP contribution in [0.5, 0.6) is 0 Å². The molecule has 1 unspecified atom stereocenters. The molecule has 1 saturated heterocycles. The minimum atomic E-state index is -3.13. The van der Waals surface area contributed by atoms with Crippen molar-refractivity contribution in [3.63, 3.8) is 0 Å². The van der Waals surface area contributed by atoms with E-state index >= 15 is 0 Å². The zero-order chi connectivity index (χ0) is 15.8. The Balaban J connectivity index is 2.22. The number of carbonyl (C=O) groups excluding carboxylic acids is 1. The fourth-order valence-corrected chi connectivity index (χ4v) is 3.95. The quantitative estimate of drug-likeness (QED) is 0.476. The van der Waals surface area contributed by atoms with E-state index in [9.17, 15) is 23.3 Å². The van der Waals surface area contributed by atoms with Gasteiger partial charge in [-0.3, -0.25) is 14.9 Å². The molecule has 1 aromatic rings. The summed E-state index contributed by atoms with van der Waals surface area (Å²) in [7, 11) is -3.13. The minimum Gasteiger partial charge on any atom is -0.392 e. The van der Waals surface area contributed by atoms with Crippen molar-refractivity contribution in [2.24, 2.45) is 0 Å². The summed E-state index contributed by atoms with van der Waals surface area (Å²) < 4.78 is 22.6. The molecule has 3 N–H and O–H groups in total. The molecule has 8 nitrogen and oxygen atoms in total. The average molecular weight is 334 g/mol. The molecule has 10 heteroatoms. The van der Waals surface area contributed by atoms with E-state index in [1.807, 2.05) is 0 Å². The number of anilines is 1. The van der Waals surface area contributed by atoms with E-state index in [1.54, 1.807) is 0 Å². The number of carbonyl (C=O) groups is 1. The number of nitro benzene ring substituents is 1. The molecule has 21 heavy (non-hydrogen) atoms. The Labute approximate surface area is 125 Å². The summed E-state index contributed by atoms with van der Waals surface area (Å²) in [4.78, 5) is 22.1. The summed E-state index contributed by atoms with van der Waals surface area (Å²) in [5, 5.41) is 13.3. The molecule has 1 aliphatic rings. The van der Waals surface area contributed by atoms with Gasteiger partial charge in [-0.25, -0.2) is 8.42 Å². The van der Waals surface area contributed by atoms with Crippen LogP contribution in [0.15, 0.2) is 12.1 Å². The van der Waals surface area contributed by atoms with Crippen molar-refractivity contribution >= 4 is 38.7 Å². The second kappa shape index (κ2) is 5.49. The number of halogens is 1. The Morgan fingerprint density at radius 1 is 1.48 bits per heavy atom. The smallest absolute Gasteiger partial charge is 0.294 e. The van der Waals surface area contributed by atoms with Gasteiger partial charge < -0.3 is 11.1 Å². The molecule has 1 fully saturated rings. The van der Waals surface area contributed by atoms with Crippen LogP contribution >= 0.6 is 11.6 Å². The summed E-state index contributed by atoms with van der Waals surface area (Å²) in [5.74, 6) is -0.744. The number of rotatable bonds is 3. The molecular weight excluding hydrogens is 322 g/mol. The van der Waals surface area contributed by atoms with Gasteiger partial charge in [-0.15, -0.1) is 0 Å². The van der Waals surface area contributed by atoms with Crippen LogP contribution in [0.3, 0.4) is 0 Å². The van der Waals surface area contributed by atoms with Gasteiger partial charge in [0.05, 0.1) is 21.5 Å². The van der Waals surface area contributed by atoms with Gasteiger partial charge in [0.15, 0.2) is 9.84 Å². The number of hydrogen-bond acceptors (Lipinski definition) is 6. The SMILES string of the molecule is Nc1c(Cl)cc(C(=O)NC2CCS(=O)(=O)C2)cc1[N+](=O)[O-]. The zero-order valence-electron chi connectivity index (χ0n) is 10.7. The van der Waals surface area contributed by atoms with Crippen LogP contribution < -0.4 is 11.1 Å². The summed E-state index contributed by atoms with van der Waals surface area (Å²) in [6.45, 7) is 0. The Morgan fingerprint density at radius 3 is 2.67 bits per heavy atom. The number of nitrogen functional groups attached to an aromatic ring is 1. The van der Waals surface area contributed by atoms with Gasteiger partial charge in [0, 0.05) is 17.7 Å². The van der Waals surface area contributed by atoms with Crippen LogP contribution in [-0.4, -0.2) is 36.8 Å². The molecule has 1 amide bonds. The maximum Gasteiger partial charge on any atom is 0.294 e. The summed E-state index contributed by atoms with van der Waals surface area (Å²) in [6, 6.07) is 1.72. The fraction of sp³-hybridized carbons (Fsp3) is 0.364. The normalized spacial score (nSPS) is 20.1. The van der Waals surface area contributed by atoms with E-state index in [2.05, 4.69) is 5.32 Å². The van der Waals surface area contributed by atoms with Gasteiger partial charge >= 0.3 is 0 Å². The molecule has 0 radical (unpaired) electrons. The van der Waals surface area contributed by atoms with E-state index in [0.29, 0.717) is 6.42 Å². The molecule has 1 atom stereocenters. The number of nitrogens with zero attached hydrogens (tertiary/aromatic N) is 1. The zero-order valence-corrected chi connectivity index (χ0v) is 12.3. The molecule has 0 spiro atoms. The van der Waals surface area contributed by atoms with Crippen LogP contribution in [0.2, 0.25) is 5.02 Å². The number of hydrogen-bond donors (Lipinski definition) is 2. The van der Waals surface area contributed by atoms with Crippen molar-refractivity contribution in [1.29, 1.82) is 0 Å². The highest BCUT2D eigenvalue weighted by Crippen LogP contribution is 2.30. The predicted molar refractivity (Wildman–Crippen MR) is 77.0 cm³/mol. The van der Waals surface area contributed by atoms with Gasteiger partial charge in [0.2, 0.25) is 0 Å².